The molecule has 0 fully saturated rings. The molecule has 0 N–H and O–H groups in total. The number of benzene rings is 1. The Morgan fingerprint density at radius 1 is 1.24 bits per heavy atom. The number of rotatable bonds is 5. The molecule has 1 aromatic carbocycles. The van der Waals surface area contributed by atoms with E-state index in [9.17, 15) is 18.0 Å². The highest BCUT2D eigenvalue weighted by molar-refractivity contribution is 6.74. The highest BCUT2D eigenvalue weighted by Crippen LogP contribution is 2.37. The third-order valence-electron chi connectivity index (χ3n) is 3.89. The second-order valence-electron chi connectivity index (χ2n) is 6.62. The molecule has 0 bridgehead atoms. The lowest BCUT2D eigenvalue weighted by atomic mass is 10.1. The van der Waals surface area contributed by atoms with Crippen LogP contribution in [0.25, 0.3) is 0 Å². The lowest BCUT2D eigenvalue weighted by molar-refractivity contribution is -0.114. The van der Waals surface area contributed by atoms with E-state index in [2.05, 4.69) is 0 Å². The molecular weight excluding hydrogens is 297 g/mol. The second kappa shape index (κ2) is 6.32. The van der Waals surface area contributed by atoms with Gasteiger partial charge in [0.05, 0.1) is 0 Å². The van der Waals surface area contributed by atoms with Gasteiger partial charge in [0.15, 0.2) is 20.0 Å². The standard InChI is InChI=1S/C15H21F3O2Si/c1-15(2,3)21(4,5)20-12(9-19)7-10-6-11(16)8-13(17)14(10)18/h6,8-9,12H,7H2,1-5H3. The van der Waals surface area contributed by atoms with Gasteiger partial charge in [0, 0.05) is 12.5 Å². The van der Waals surface area contributed by atoms with Crippen molar-refractivity contribution in [2.45, 2.75) is 51.4 Å². The molecule has 0 aromatic heterocycles. The third kappa shape index (κ3) is 4.41. The molecule has 21 heavy (non-hydrogen) atoms. The monoisotopic (exact) mass is 318 g/mol. The minimum Gasteiger partial charge on any atom is -0.407 e. The van der Waals surface area contributed by atoms with E-state index in [-0.39, 0.29) is 17.0 Å². The number of carbonyl (C=O) groups excluding carboxylic acids is 1. The maximum Gasteiger partial charge on any atom is 0.193 e. The first-order chi connectivity index (χ1) is 9.48. The van der Waals surface area contributed by atoms with Gasteiger partial charge >= 0.3 is 0 Å². The predicted molar refractivity (Wildman–Crippen MR) is 78.2 cm³/mol. The number of hydrogen-bond acceptors (Lipinski definition) is 2. The number of hydrogen-bond donors (Lipinski definition) is 0. The Morgan fingerprint density at radius 2 is 1.81 bits per heavy atom. The molecule has 0 saturated carbocycles. The average Bonchev–Trinajstić information content (AvgIpc) is 2.32. The maximum atomic E-state index is 13.6. The largest absolute Gasteiger partial charge is 0.407 e. The normalized spacial score (nSPS) is 14.1. The first-order valence-corrected chi connectivity index (χ1v) is 9.65. The van der Waals surface area contributed by atoms with Crippen molar-refractivity contribution in [3.63, 3.8) is 0 Å². The van der Waals surface area contributed by atoms with Crippen LogP contribution >= 0.6 is 0 Å². The molecule has 118 valence electrons. The van der Waals surface area contributed by atoms with E-state index in [0.29, 0.717) is 12.4 Å². The third-order valence-corrected chi connectivity index (χ3v) is 8.40. The number of halogens is 3. The summed E-state index contributed by atoms with van der Waals surface area (Å²) >= 11 is 0. The van der Waals surface area contributed by atoms with E-state index in [1.807, 2.05) is 33.9 Å². The van der Waals surface area contributed by atoms with Crippen LogP contribution in [-0.4, -0.2) is 20.7 Å². The van der Waals surface area contributed by atoms with Crippen molar-refractivity contribution in [3.8, 4) is 0 Å². The van der Waals surface area contributed by atoms with Gasteiger partial charge in [-0.15, -0.1) is 0 Å². The molecule has 1 rings (SSSR count). The molecule has 6 heteroatoms. The van der Waals surface area contributed by atoms with Crippen molar-refractivity contribution in [1.82, 2.24) is 0 Å². The van der Waals surface area contributed by atoms with Gasteiger partial charge in [-0.2, -0.15) is 0 Å². The van der Waals surface area contributed by atoms with Gasteiger partial charge in [-0.25, -0.2) is 13.2 Å². The molecule has 1 atom stereocenters. The average molecular weight is 318 g/mol. The van der Waals surface area contributed by atoms with Crippen LogP contribution in [0.3, 0.4) is 0 Å². The van der Waals surface area contributed by atoms with Crippen LogP contribution in [0.1, 0.15) is 26.3 Å². The predicted octanol–water partition coefficient (Wildman–Crippen LogP) is 4.24. The van der Waals surface area contributed by atoms with Crippen LogP contribution in [0.5, 0.6) is 0 Å². The molecule has 0 radical (unpaired) electrons. The summed E-state index contributed by atoms with van der Waals surface area (Å²) in [4.78, 5) is 11.2. The molecule has 0 amide bonds. The smallest absolute Gasteiger partial charge is 0.193 e. The van der Waals surface area contributed by atoms with Gasteiger partial charge in [-0.1, -0.05) is 20.8 Å². The molecule has 2 nitrogen and oxygen atoms in total. The van der Waals surface area contributed by atoms with Crippen molar-refractivity contribution in [3.05, 3.63) is 35.1 Å². The molecule has 0 spiro atoms. The van der Waals surface area contributed by atoms with Gasteiger partial charge in [-0.05, 0) is 29.8 Å². The molecule has 1 unspecified atom stereocenters. The summed E-state index contributed by atoms with van der Waals surface area (Å²) in [6.07, 6.45) is -0.541. The molecule has 0 saturated heterocycles. The SMILES string of the molecule is CC(C)(C)[Si](C)(C)OC(C=O)Cc1cc(F)cc(F)c1F. The van der Waals surface area contributed by atoms with Gasteiger partial charge < -0.3 is 9.22 Å². The molecular formula is C15H21F3O2Si. The van der Waals surface area contributed by atoms with E-state index in [1.54, 1.807) is 0 Å². The van der Waals surface area contributed by atoms with E-state index in [1.165, 1.54) is 0 Å². The minimum atomic E-state index is -2.23. The molecule has 1 aromatic rings. The Hall–Kier alpha value is -1.14. The summed E-state index contributed by atoms with van der Waals surface area (Å²) in [6.45, 7) is 9.91. The van der Waals surface area contributed by atoms with Crippen LogP contribution in [0.4, 0.5) is 13.2 Å². The number of aldehydes is 1. The molecule has 0 aliphatic carbocycles. The highest BCUT2D eigenvalue weighted by Gasteiger charge is 2.39. The van der Waals surface area contributed by atoms with Crippen LogP contribution in [-0.2, 0) is 15.6 Å². The summed E-state index contributed by atoms with van der Waals surface area (Å²) in [7, 11) is -2.23. The van der Waals surface area contributed by atoms with E-state index < -0.39 is 31.9 Å². The Morgan fingerprint density at radius 3 is 2.29 bits per heavy atom. The van der Waals surface area contributed by atoms with Crippen molar-refractivity contribution in [2.24, 2.45) is 0 Å². The number of carbonyl (C=O) groups is 1. The highest BCUT2D eigenvalue weighted by atomic mass is 28.4. The van der Waals surface area contributed by atoms with Crippen molar-refractivity contribution >= 4 is 14.6 Å². The van der Waals surface area contributed by atoms with Crippen molar-refractivity contribution < 1.29 is 22.4 Å². The fraction of sp³-hybridized carbons (Fsp3) is 0.533. The summed E-state index contributed by atoms with van der Waals surface area (Å²) in [5, 5.41) is -0.125. The second-order valence-corrected chi connectivity index (χ2v) is 11.4. The fourth-order valence-electron chi connectivity index (χ4n) is 1.65. The molecule has 0 heterocycles. The molecule has 0 aliphatic rings. The quantitative estimate of drug-likeness (QED) is 0.461. The van der Waals surface area contributed by atoms with Crippen molar-refractivity contribution in [2.75, 3.05) is 0 Å². The zero-order valence-corrected chi connectivity index (χ0v) is 14.0. The van der Waals surface area contributed by atoms with Gasteiger partial charge in [0.25, 0.3) is 0 Å². The summed E-state index contributed by atoms with van der Waals surface area (Å²) in [5.74, 6) is -3.27. The van der Waals surface area contributed by atoms with E-state index >= 15 is 0 Å². The van der Waals surface area contributed by atoms with Gasteiger partial charge in [-0.3, -0.25) is 0 Å². The van der Waals surface area contributed by atoms with Gasteiger partial charge in [0.1, 0.15) is 18.2 Å². The van der Waals surface area contributed by atoms with Gasteiger partial charge in [0.2, 0.25) is 0 Å². The first-order valence-electron chi connectivity index (χ1n) is 6.74. The molecule has 0 aliphatic heterocycles. The van der Waals surface area contributed by atoms with E-state index in [4.69, 9.17) is 4.43 Å². The Labute approximate surface area is 124 Å². The topological polar surface area (TPSA) is 26.3 Å². The fourth-order valence-corrected chi connectivity index (χ4v) is 2.90. The minimum absolute atomic E-state index is 0.125. The first kappa shape index (κ1) is 17.9. The zero-order valence-electron chi connectivity index (χ0n) is 13.0. The Balaban J connectivity index is 2.97. The lowest BCUT2D eigenvalue weighted by Gasteiger charge is -2.38. The van der Waals surface area contributed by atoms with Crippen molar-refractivity contribution in [1.29, 1.82) is 0 Å². The Kier molecular flexibility index (Phi) is 5.39. The summed E-state index contributed by atoms with van der Waals surface area (Å²) < 4.78 is 45.8. The van der Waals surface area contributed by atoms with Crippen LogP contribution in [0, 0.1) is 17.5 Å². The van der Waals surface area contributed by atoms with E-state index in [0.717, 1.165) is 6.07 Å². The lowest BCUT2D eigenvalue weighted by Crippen LogP contribution is -2.45. The van der Waals surface area contributed by atoms with Crippen LogP contribution < -0.4 is 0 Å². The summed E-state index contributed by atoms with van der Waals surface area (Å²) in [6, 6.07) is 1.37. The zero-order chi connectivity index (χ0) is 16.4. The Bertz CT molecular complexity index is 524. The van der Waals surface area contributed by atoms with Crippen LogP contribution in [0.2, 0.25) is 18.1 Å². The van der Waals surface area contributed by atoms with Crippen LogP contribution in [0.15, 0.2) is 12.1 Å². The summed E-state index contributed by atoms with van der Waals surface area (Å²) in [5.41, 5.74) is -0.191. The maximum absolute atomic E-state index is 13.6.